The number of hydrogen-bond donors (Lipinski definition) is 1. The SMILES string of the molecule is O=S(=O)(c1ccc(Cl)cc1)c1nc(-c2ccccc2F)oc1NC1CC1. The number of nitrogens with one attached hydrogen (secondary N) is 1. The van der Waals surface area contributed by atoms with Gasteiger partial charge in [0.1, 0.15) is 5.82 Å². The highest BCUT2D eigenvalue weighted by molar-refractivity contribution is 7.91. The van der Waals surface area contributed by atoms with Crippen LogP contribution in [-0.4, -0.2) is 19.4 Å². The van der Waals surface area contributed by atoms with Gasteiger partial charge in [0.15, 0.2) is 0 Å². The van der Waals surface area contributed by atoms with Gasteiger partial charge in [-0.05, 0) is 49.2 Å². The highest BCUT2D eigenvalue weighted by atomic mass is 35.5. The summed E-state index contributed by atoms with van der Waals surface area (Å²) in [7, 11) is -3.95. The maximum atomic E-state index is 14.1. The summed E-state index contributed by atoms with van der Waals surface area (Å²) in [5.74, 6) is -0.596. The standard InChI is InChI=1S/C18H14ClFN2O3S/c19-11-5-9-13(10-6-11)26(23,24)18-17(21-12-7-8-12)25-16(22-18)14-3-1-2-4-15(14)20/h1-6,9-10,12,21H,7-8H2. The molecule has 0 bridgehead atoms. The van der Waals surface area contributed by atoms with Gasteiger partial charge in [-0.25, -0.2) is 12.8 Å². The maximum absolute atomic E-state index is 14.1. The zero-order valence-electron chi connectivity index (χ0n) is 13.4. The van der Waals surface area contributed by atoms with Crippen LogP contribution in [0.1, 0.15) is 12.8 Å². The van der Waals surface area contributed by atoms with Gasteiger partial charge in [0, 0.05) is 11.1 Å². The lowest BCUT2D eigenvalue weighted by Crippen LogP contribution is -2.08. The average Bonchev–Trinajstić information content (AvgIpc) is 3.32. The second kappa shape index (κ2) is 6.41. The summed E-state index contributed by atoms with van der Waals surface area (Å²) >= 11 is 5.83. The molecule has 1 aliphatic rings. The number of rotatable bonds is 5. The van der Waals surface area contributed by atoms with Crippen LogP contribution in [0.15, 0.2) is 62.9 Å². The second-order valence-electron chi connectivity index (χ2n) is 6.01. The van der Waals surface area contributed by atoms with Crippen LogP contribution in [-0.2, 0) is 9.84 Å². The molecule has 8 heteroatoms. The van der Waals surface area contributed by atoms with Crippen molar-refractivity contribution >= 4 is 27.3 Å². The molecular formula is C18H14ClFN2O3S. The molecule has 1 saturated carbocycles. The van der Waals surface area contributed by atoms with Crippen molar-refractivity contribution in [2.45, 2.75) is 28.8 Å². The van der Waals surface area contributed by atoms with Gasteiger partial charge in [0.2, 0.25) is 26.6 Å². The number of aromatic nitrogens is 1. The van der Waals surface area contributed by atoms with Crippen molar-refractivity contribution in [3.63, 3.8) is 0 Å². The summed E-state index contributed by atoms with van der Waals surface area (Å²) in [4.78, 5) is 4.14. The van der Waals surface area contributed by atoms with Crippen LogP contribution < -0.4 is 5.32 Å². The lowest BCUT2D eigenvalue weighted by molar-refractivity contribution is 0.567. The van der Waals surface area contributed by atoms with Crippen molar-refractivity contribution in [1.29, 1.82) is 0 Å². The molecule has 0 radical (unpaired) electrons. The summed E-state index contributed by atoms with van der Waals surface area (Å²) in [6, 6.07) is 11.8. The van der Waals surface area contributed by atoms with E-state index in [1.165, 1.54) is 42.5 Å². The number of halogens is 2. The molecule has 134 valence electrons. The van der Waals surface area contributed by atoms with Gasteiger partial charge < -0.3 is 9.73 Å². The van der Waals surface area contributed by atoms with E-state index in [1.807, 2.05) is 0 Å². The quantitative estimate of drug-likeness (QED) is 0.690. The first kappa shape index (κ1) is 17.1. The minimum absolute atomic E-state index is 0.0284. The fourth-order valence-electron chi connectivity index (χ4n) is 2.47. The first-order valence-corrected chi connectivity index (χ1v) is 9.84. The lowest BCUT2D eigenvalue weighted by Gasteiger charge is -2.04. The number of sulfone groups is 1. The number of hydrogen-bond acceptors (Lipinski definition) is 5. The Morgan fingerprint density at radius 2 is 1.81 bits per heavy atom. The summed E-state index contributed by atoms with van der Waals surface area (Å²) < 4.78 is 45.7. The van der Waals surface area contributed by atoms with Gasteiger partial charge in [0.05, 0.1) is 10.5 Å². The smallest absolute Gasteiger partial charge is 0.234 e. The van der Waals surface area contributed by atoms with Gasteiger partial charge in [-0.1, -0.05) is 23.7 Å². The van der Waals surface area contributed by atoms with Crippen molar-refractivity contribution in [3.05, 3.63) is 59.4 Å². The van der Waals surface area contributed by atoms with Crippen LogP contribution in [0.3, 0.4) is 0 Å². The Kier molecular flexibility index (Phi) is 4.20. The minimum Gasteiger partial charge on any atom is -0.419 e. The average molecular weight is 393 g/mol. The molecule has 2 aromatic carbocycles. The first-order chi connectivity index (χ1) is 12.4. The Hall–Kier alpha value is -2.38. The number of benzene rings is 2. The van der Waals surface area contributed by atoms with Gasteiger partial charge in [-0.15, -0.1) is 0 Å². The predicted molar refractivity (Wildman–Crippen MR) is 95.4 cm³/mol. The third-order valence-electron chi connectivity index (χ3n) is 3.99. The van der Waals surface area contributed by atoms with E-state index in [4.69, 9.17) is 16.0 Å². The highest BCUT2D eigenvalue weighted by Gasteiger charge is 2.32. The molecule has 4 rings (SSSR count). The van der Waals surface area contributed by atoms with E-state index in [9.17, 15) is 12.8 Å². The Morgan fingerprint density at radius 3 is 2.46 bits per heavy atom. The predicted octanol–water partition coefficient (Wildman–Crippen LogP) is 4.54. The fourth-order valence-corrected chi connectivity index (χ4v) is 3.86. The Labute approximate surface area is 154 Å². The molecule has 3 aromatic rings. The minimum atomic E-state index is -3.95. The maximum Gasteiger partial charge on any atom is 0.234 e. The van der Waals surface area contributed by atoms with Gasteiger partial charge in [-0.3, -0.25) is 0 Å². The fraction of sp³-hybridized carbons (Fsp3) is 0.167. The first-order valence-electron chi connectivity index (χ1n) is 7.98. The van der Waals surface area contributed by atoms with Gasteiger partial charge >= 0.3 is 0 Å². The zero-order chi connectivity index (χ0) is 18.3. The van der Waals surface area contributed by atoms with Crippen molar-refractivity contribution < 1.29 is 17.2 Å². The normalized spacial score (nSPS) is 14.4. The molecule has 0 amide bonds. The monoisotopic (exact) mass is 392 g/mol. The number of anilines is 1. The van der Waals surface area contributed by atoms with Crippen molar-refractivity contribution in [3.8, 4) is 11.5 Å². The Morgan fingerprint density at radius 1 is 1.12 bits per heavy atom. The summed E-state index contributed by atoms with van der Waals surface area (Å²) in [6.07, 6.45) is 1.83. The van der Waals surface area contributed by atoms with E-state index in [-0.39, 0.29) is 33.3 Å². The summed E-state index contributed by atoms with van der Waals surface area (Å²) in [5, 5.41) is 3.19. The van der Waals surface area contributed by atoms with E-state index >= 15 is 0 Å². The molecule has 1 aliphatic carbocycles. The highest BCUT2D eigenvalue weighted by Crippen LogP contribution is 2.36. The van der Waals surface area contributed by atoms with Crippen LogP contribution in [0, 0.1) is 5.82 Å². The van der Waals surface area contributed by atoms with E-state index in [1.54, 1.807) is 6.07 Å². The largest absolute Gasteiger partial charge is 0.419 e. The number of nitrogens with zero attached hydrogens (tertiary/aromatic N) is 1. The lowest BCUT2D eigenvalue weighted by atomic mass is 10.2. The molecule has 26 heavy (non-hydrogen) atoms. The van der Waals surface area contributed by atoms with Crippen LogP contribution in [0.5, 0.6) is 0 Å². The molecule has 1 fully saturated rings. The van der Waals surface area contributed by atoms with Crippen LogP contribution in [0.4, 0.5) is 10.3 Å². The van der Waals surface area contributed by atoms with Gasteiger partial charge in [0.25, 0.3) is 0 Å². The molecule has 0 saturated heterocycles. The van der Waals surface area contributed by atoms with Crippen LogP contribution in [0.25, 0.3) is 11.5 Å². The Balaban J connectivity index is 1.83. The third kappa shape index (κ3) is 3.20. The molecule has 0 unspecified atom stereocenters. The molecule has 0 spiro atoms. The van der Waals surface area contributed by atoms with Gasteiger partial charge in [-0.2, -0.15) is 4.98 Å². The third-order valence-corrected chi connectivity index (χ3v) is 5.92. The van der Waals surface area contributed by atoms with Crippen LogP contribution >= 0.6 is 11.6 Å². The molecular weight excluding hydrogens is 379 g/mol. The Bertz CT molecular complexity index is 1060. The summed E-state index contributed by atoms with van der Waals surface area (Å²) in [5.41, 5.74) is 0.101. The molecule has 1 heterocycles. The topological polar surface area (TPSA) is 72.2 Å². The van der Waals surface area contributed by atoms with Crippen molar-refractivity contribution in [2.75, 3.05) is 5.32 Å². The molecule has 0 aliphatic heterocycles. The molecule has 0 atom stereocenters. The van der Waals surface area contributed by atoms with Crippen molar-refractivity contribution in [1.82, 2.24) is 4.98 Å². The van der Waals surface area contributed by atoms with E-state index in [0.717, 1.165) is 12.8 Å². The van der Waals surface area contributed by atoms with Crippen LogP contribution in [0.2, 0.25) is 5.02 Å². The van der Waals surface area contributed by atoms with E-state index < -0.39 is 15.7 Å². The van der Waals surface area contributed by atoms with E-state index in [0.29, 0.717) is 5.02 Å². The second-order valence-corrected chi connectivity index (χ2v) is 8.31. The summed E-state index contributed by atoms with van der Waals surface area (Å²) in [6.45, 7) is 0. The van der Waals surface area contributed by atoms with Crippen molar-refractivity contribution in [2.24, 2.45) is 0 Å². The molecule has 1 N–H and O–H groups in total. The zero-order valence-corrected chi connectivity index (χ0v) is 15.0. The molecule has 1 aromatic heterocycles. The molecule has 5 nitrogen and oxygen atoms in total. The number of oxazole rings is 1. The van der Waals surface area contributed by atoms with E-state index in [2.05, 4.69) is 10.3 Å².